The Morgan fingerprint density at radius 3 is 1.35 bits per heavy atom. The maximum Gasteiger partial charge on any atom is 0.0716 e. The van der Waals surface area contributed by atoms with Crippen molar-refractivity contribution in [3.8, 4) is 0 Å². The third-order valence-corrected chi connectivity index (χ3v) is 5.14. The zero-order chi connectivity index (χ0) is 22.0. The van der Waals surface area contributed by atoms with Crippen LogP contribution in [0.25, 0.3) is 0 Å². The highest BCUT2D eigenvalue weighted by Crippen LogP contribution is 2.09. The van der Waals surface area contributed by atoms with Gasteiger partial charge < -0.3 is 14.8 Å². The Bertz CT molecular complexity index is 658. The predicted molar refractivity (Wildman–Crippen MR) is 131 cm³/mol. The number of allylic oxidation sites excluding steroid dienone is 2. The standard InChI is InChI=1S/C28H39NO2/c1-3-5-7-9-19-30-23-27-15-11-25(12-16-27)21-29-22-26-13-17-28(18-14-26)24-31-20-10-8-6-4-2/h3-4,11-18,29H,1-2,5-10,19-24H2. The lowest BCUT2D eigenvalue weighted by atomic mass is 10.1. The highest BCUT2D eigenvalue weighted by molar-refractivity contribution is 5.23. The smallest absolute Gasteiger partial charge is 0.0716 e. The summed E-state index contributed by atoms with van der Waals surface area (Å²) >= 11 is 0. The Morgan fingerprint density at radius 2 is 0.968 bits per heavy atom. The third-order valence-electron chi connectivity index (χ3n) is 5.14. The van der Waals surface area contributed by atoms with Crippen LogP contribution in [-0.4, -0.2) is 13.2 Å². The Kier molecular flexibility index (Phi) is 13.3. The van der Waals surface area contributed by atoms with E-state index in [1.165, 1.54) is 22.3 Å². The van der Waals surface area contributed by atoms with Gasteiger partial charge in [0, 0.05) is 26.3 Å². The molecule has 2 aromatic carbocycles. The van der Waals surface area contributed by atoms with Crippen molar-refractivity contribution >= 4 is 0 Å². The van der Waals surface area contributed by atoms with Gasteiger partial charge in [-0.1, -0.05) is 60.7 Å². The van der Waals surface area contributed by atoms with Crippen LogP contribution in [0.15, 0.2) is 73.8 Å². The van der Waals surface area contributed by atoms with Gasteiger partial charge in [0.05, 0.1) is 13.2 Å². The molecule has 0 bridgehead atoms. The lowest BCUT2D eigenvalue weighted by molar-refractivity contribution is 0.117. The maximum atomic E-state index is 5.74. The van der Waals surface area contributed by atoms with Gasteiger partial charge in [-0.3, -0.25) is 0 Å². The van der Waals surface area contributed by atoms with Gasteiger partial charge in [0.25, 0.3) is 0 Å². The minimum Gasteiger partial charge on any atom is -0.377 e. The number of hydrogen-bond acceptors (Lipinski definition) is 3. The molecule has 168 valence electrons. The second kappa shape index (κ2) is 16.5. The minimum atomic E-state index is 0.687. The normalized spacial score (nSPS) is 10.8. The fourth-order valence-corrected chi connectivity index (χ4v) is 3.22. The van der Waals surface area contributed by atoms with Crippen molar-refractivity contribution in [2.45, 2.75) is 64.8 Å². The van der Waals surface area contributed by atoms with Gasteiger partial charge in [-0.05, 0) is 60.8 Å². The molecule has 3 heteroatoms. The van der Waals surface area contributed by atoms with E-state index in [0.717, 1.165) is 64.8 Å². The van der Waals surface area contributed by atoms with Crippen LogP contribution in [0.1, 0.15) is 60.8 Å². The minimum absolute atomic E-state index is 0.687. The molecule has 0 amide bonds. The van der Waals surface area contributed by atoms with E-state index in [1.807, 2.05) is 12.2 Å². The van der Waals surface area contributed by atoms with Crippen LogP contribution in [0.5, 0.6) is 0 Å². The van der Waals surface area contributed by atoms with Gasteiger partial charge in [-0.25, -0.2) is 0 Å². The molecular formula is C28H39NO2. The molecule has 0 atom stereocenters. The first-order valence-electron chi connectivity index (χ1n) is 11.6. The van der Waals surface area contributed by atoms with E-state index in [0.29, 0.717) is 13.2 Å². The Morgan fingerprint density at radius 1 is 0.581 bits per heavy atom. The van der Waals surface area contributed by atoms with Crippen LogP contribution >= 0.6 is 0 Å². The van der Waals surface area contributed by atoms with Crippen LogP contribution in [0, 0.1) is 0 Å². The number of hydrogen-bond donors (Lipinski definition) is 1. The van der Waals surface area contributed by atoms with E-state index >= 15 is 0 Å². The second-order valence-electron chi connectivity index (χ2n) is 7.91. The summed E-state index contributed by atoms with van der Waals surface area (Å²) in [5, 5.41) is 3.52. The number of benzene rings is 2. The fraction of sp³-hybridized carbons (Fsp3) is 0.429. The first-order chi connectivity index (χ1) is 15.3. The molecule has 3 nitrogen and oxygen atoms in total. The summed E-state index contributed by atoms with van der Waals surface area (Å²) in [4.78, 5) is 0. The Labute approximate surface area is 189 Å². The van der Waals surface area contributed by atoms with E-state index in [-0.39, 0.29) is 0 Å². The molecule has 0 unspecified atom stereocenters. The van der Waals surface area contributed by atoms with Gasteiger partial charge >= 0.3 is 0 Å². The molecule has 2 aromatic rings. The predicted octanol–water partition coefficient (Wildman–Crippen LogP) is 6.72. The number of rotatable bonds is 18. The molecular weight excluding hydrogens is 382 g/mol. The number of nitrogens with one attached hydrogen (secondary N) is 1. The van der Waals surface area contributed by atoms with E-state index < -0.39 is 0 Å². The summed E-state index contributed by atoms with van der Waals surface area (Å²) in [6, 6.07) is 17.4. The van der Waals surface area contributed by atoms with Gasteiger partial charge in [0.2, 0.25) is 0 Å². The lowest BCUT2D eigenvalue weighted by Gasteiger charge is -2.08. The van der Waals surface area contributed by atoms with Crippen LogP contribution in [-0.2, 0) is 35.8 Å². The fourth-order valence-electron chi connectivity index (χ4n) is 3.22. The van der Waals surface area contributed by atoms with Crippen LogP contribution < -0.4 is 5.32 Å². The molecule has 0 fully saturated rings. The van der Waals surface area contributed by atoms with E-state index in [2.05, 4.69) is 67.0 Å². The molecule has 0 aliphatic carbocycles. The summed E-state index contributed by atoms with van der Waals surface area (Å²) in [6.45, 7) is 12.2. The van der Waals surface area contributed by atoms with Crippen LogP contribution in [0.2, 0.25) is 0 Å². The number of ether oxygens (including phenoxy) is 2. The average molecular weight is 422 g/mol. The van der Waals surface area contributed by atoms with Crippen molar-refractivity contribution in [2.24, 2.45) is 0 Å². The van der Waals surface area contributed by atoms with Gasteiger partial charge in [-0.15, -0.1) is 13.2 Å². The zero-order valence-electron chi connectivity index (χ0n) is 19.0. The first-order valence-corrected chi connectivity index (χ1v) is 11.6. The molecule has 0 aliphatic heterocycles. The molecule has 0 saturated heterocycles. The van der Waals surface area contributed by atoms with E-state index in [1.54, 1.807) is 0 Å². The third kappa shape index (κ3) is 11.7. The lowest BCUT2D eigenvalue weighted by Crippen LogP contribution is -2.12. The quantitative estimate of drug-likeness (QED) is 0.214. The molecule has 0 saturated carbocycles. The highest BCUT2D eigenvalue weighted by Gasteiger charge is 1.99. The Balaban J connectivity index is 1.58. The first kappa shape index (κ1) is 25.1. The van der Waals surface area contributed by atoms with Gasteiger partial charge in [-0.2, -0.15) is 0 Å². The second-order valence-corrected chi connectivity index (χ2v) is 7.91. The molecule has 0 spiro atoms. The number of unbranched alkanes of at least 4 members (excludes halogenated alkanes) is 4. The average Bonchev–Trinajstić information content (AvgIpc) is 2.80. The summed E-state index contributed by atoms with van der Waals surface area (Å²) in [5.74, 6) is 0. The maximum absolute atomic E-state index is 5.74. The summed E-state index contributed by atoms with van der Waals surface area (Å²) in [7, 11) is 0. The van der Waals surface area contributed by atoms with Crippen molar-refractivity contribution in [2.75, 3.05) is 13.2 Å². The van der Waals surface area contributed by atoms with Gasteiger partial charge in [0.1, 0.15) is 0 Å². The van der Waals surface area contributed by atoms with Crippen molar-refractivity contribution in [3.63, 3.8) is 0 Å². The Hall–Kier alpha value is -2.20. The largest absolute Gasteiger partial charge is 0.377 e. The zero-order valence-corrected chi connectivity index (χ0v) is 19.0. The van der Waals surface area contributed by atoms with Crippen LogP contribution in [0.3, 0.4) is 0 Å². The van der Waals surface area contributed by atoms with Crippen molar-refractivity contribution < 1.29 is 9.47 Å². The van der Waals surface area contributed by atoms with Crippen molar-refractivity contribution in [3.05, 3.63) is 96.1 Å². The van der Waals surface area contributed by atoms with E-state index in [4.69, 9.17) is 9.47 Å². The molecule has 0 heterocycles. The van der Waals surface area contributed by atoms with Crippen molar-refractivity contribution in [1.82, 2.24) is 5.32 Å². The van der Waals surface area contributed by atoms with E-state index in [9.17, 15) is 0 Å². The van der Waals surface area contributed by atoms with Crippen molar-refractivity contribution in [1.29, 1.82) is 0 Å². The molecule has 1 N–H and O–H groups in total. The topological polar surface area (TPSA) is 30.5 Å². The summed E-state index contributed by atoms with van der Waals surface area (Å²) in [6.07, 6.45) is 10.6. The van der Waals surface area contributed by atoms with Gasteiger partial charge in [0.15, 0.2) is 0 Å². The summed E-state index contributed by atoms with van der Waals surface area (Å²) in [5.41, 5.74) is 5.03. The molecule has 31 heavy (non-hydrogen) atoms. The van der Waals surface area contributed by atoms with Crippen LogP contribution in [0.4, 0.5) is 0 Å². The SMILES string of the molecule is C=CCCCCOCc1ccc(CNCc2ccc(COCCCCC=C)cc2)cc1. The highest BCUT2D eigenvalue weighted by atomic mass is 16.5. The monoisotopic (exact) mass is 421 g/mol. The molecule has 2 rings (SSSR count). The molecule has 0 aliphatic rings. The summed E-state index contributed by atoms with van der Waals surface area (Å²) < 4.78 is 11.5. The molecule has 0 radical (unpaired) electrons. The molecule has 0 aromatic heterocycles.